The van der Waals surface area contributed by atoms with E-state index in [0.29, 0.717) is 0 Å². The fourth-order valence-corrected chi connectivity index (χ4v) is 0.855. The molecule has 0 saturated carbocycles. The molecule has 0 aromatic heterocycles. The molecule has 0 heterocycles. The summed E-state index contributed by atoms with van der Waals surface area (Å²) in [4.78, 5) is 19.9. The maximum absolute atomic E-state index is 10.5. The number of phenols is 1. The molecule has 0 spiro atoms. The third-order valence-electron chi connectivity index (χ3n) is 1.41. The molecule has 15 heavy (non-hydrogen) atoms. The van der Waals surface area contributed by atoms with E-state index in [4.69, 9.17) is 10.2 Å². The van der Waals surface area contributed by atoms with Gasteiger partial charge < -0.3 is 10.2 Å². The number of carboxylic acids is 1. The van der Waals surface area contributed by atoms with Crippen LogP contribution in [0.25, 0.3) is 0 Å². The Hall–Kier alpha value is 1.16. The molecule has 0 atom stereocenters. The Morgan fingerprint density at radius 3 is 2.27 bits per heavy atom. The number of phenolic OH excluding ortho intramolecular Hbond substituents is 1. The van der Waals surface area contributed by atoms with Gasteiger partial charge in [0.05, 0.1) is 4.92 Å². The Morgan fingerprint density at radius 1 is 1.33 bits per heavy atom. The number of hydrogen-bond donors (Lipinski definition) is 2. The van der Waals surface area contributed by atoms with E-state index in [1.54, 1.807) is 0 Å². The maximum atomic E-state index is 10.5. The molecule has 0 radical (unpaired) electrons. The van der Waals surface area contributed by atoms with Crippen molar-refractivity contribution in [1.29, 1.82) is 0 Å². The number of benzene rings is 1. The molecule has 1 aromatic carbocycles. The van der Waals surface area contributed by atoms with Crippen molar-refractivity contribution in [1.82, 2.24) is 0 Å². The van der Waals surface area contributed by atoms with Crippen molar-refractivity contribution in [2.24, 2.45) is 0 Å². The molecule has 72 valence electrons. The van der Waals surface area contributed by atoms with Crippen LogP contribution in [0.15, 0.2) is 18.2 Å². The quantitative estimate of drug-likeness (QED) is 0.433. The molecule has 0 amide bonds. The first kappa shape index (κ1) is 18.5. The summed E-state index contributed by atoms with van der Waals surface area (Å²) in [5, 5.41) is 27.7. The molecule has 0 unspecified atom stereocenters. The summed E-state index contributed by atoms with van der Waals surface area (Å²) in [7, 11) is 0. The minimum absolute atomic E-state index is 0. The molecule has 0 aliphatic carbocycles. The van der Waals surface area contributed by atoms with Crippen LogP contribution in [0.3, 0.4) is 0 Å². The topological polar surface area (TPSA) is 101 Å². The van der Waals surface area contributed by atoms with Gasteiger partial charge in [0.2, 0.25) is 0 Å². The molecule has 0 saturated heterocycles. The molecule has 2 N–H and O–H groups in total. The summed E-state index contributed by atoms with van der Waals surface area (Å²) in [6, 6.07) is 2.84. The van der Waals surface area contributed by atoms with E-state index in [-0.39, 0.29) is 109 Å². The number of rotatable bonds is 2. The zero-order chi connectivity index (χ0) is 10.0. The van der Waals surface area contributed by atoms with Gasteiger partial charge in [0.25, 0.3) is 5.69 Å². The number of hydrogen-bond acceptors (Lipinski definition) is 4. The number of carbonyl (C=O) groups is 1. The van der Waals surface area contributed by atoms with E-state index in [0.717, 1.165) is 18.2 Å². The van der Waals surface area contributed by atoms with Gasteiger partial charge in [-0.15, -0.1) is 0 Å². The van der Waals surface area contributed by atoms with E-state index in [1.807, 2.05) is 0 Å². The second-order valence-corrected chi connectivity index (χ2v) is 2.26. The van der Waals surface area contributed by atoms with Gasteiger partial charge in [0.1, 0.15) is 11.3 Å². The van der Waals surface area contributed by atoms with Crippen molar-refractivity contribution < 1.29 is 19.9 Å². The van der Waals surface area contributed by atoms with E-state index in [1.165, 1.54) is 0 Å². The van der Waals surface area contributed by atoms with Crippen molar-refractivity contribution in [3.8, 4) is 5.75 Å². The first-order valence-electron chi connectivity index (χ1n) is 3.23. The average Bonchev–Trinajstić information content (AvgIpc) is 2.03. The molecular weight excluding hydrogens is 256 g/mol. The molecule has 0 aliphatic heterocycles. The fourth-order valence-electron chi connectivity index (χ4n) is 0.855. The van der Waals surface area contributed by atoms with Crippen LogP contribution < -0.4 is 0 Å². The van der Waals surface area contributed by atoms with E-state index in [9.17, 15) is 14.9 Å². The second kappa shape index (κ2) is 8.28. The Kier molecular flexibility index (Phi) is 10.2. The first-order valence-corrected chi connectivity index (χ1v) is 3.23. The van der Waals surface area contributed by atoms with Gasteiger partial charge in [0.15, 0.2) is 0 Å². The Labute approximate surface area is 170 Å². The van der Waals surface area contributed by atoms with Crippen molar-refractivity contribution in [3.63, 3.8) is 0 Å². The van der Waals surface area contributed by atoms with Crippen LogP contribution in [-0.2, 0) is 0 Å². The molecule has 8 heteroatoms. The van der Waals surface area contributed by atoms with Crippen LogP contribution in [0.2, 0.25) is 0 Å². The number of nitro benzene ring substituents is 1. The second-order valence-electron chi connectivity index (χ2n) is 2.26. The number of aromatic carboxylic acids is 1. The predicted molar refractivity (Wildman–Crippen MR) is 56.0 cm³/mol. The third kappa shape index (κ3) is 5.35. The van der Waals surface area contributed by atoms with Gasteiger partial charge in [0, 0.05) is 12.1 Å². The van der Waals surface area contributed by atoms with Crippen LogP contribution in [0, 0.1) is 10.1 Å². The van der Waals surface area contributed by atoms with Gasteiger partial charge in [-0.2, -0.15) is 0 Å². The van der Waals surface area contributed by atoms with Crippen LogP contribution in [0.5, 0.6) is 5.75 Å². The molecular formula is C7H7K2NO5. The predicted octanol–water partition coefficient (Wildman–Crippen LogP) is -0.298. The van der Waals surface area contributed by atoms with Gasteiger partial charge in [-0.25, -0.2) is 4.79 Å². The van der Waals surface area contributed by atoms with E-state index < -0.39 is 22.1 Å². The first-order chi connectivity index (χ1) is 6.02. The third-order valence-corrected chi connectivity index (χ3v) is 1.41. The Morgan fingerprint density at radius 2 is 1.87 bits per heavy atom. The molecule has 0 aliphatic rings. The van der Waals surface area contributed by atoms with Gasteiger partial charge >= 0.3 is 109 Å². The number of nitrogens with zero attached hydrogens (tertiary/aromatic N) is 1. The zero-order valence-corrected chi connectivity index (χ0v) is 6.30. The normalized spacial score (nSPS) is 8.27. The van der Waals surface area contributed by atoms with Crippen molar-refractivity contribution in [2.75, 3.05) is 0 Å². The zero-order valence-electron chi connectivity index (χ0n) is 6.30. The minimum atomic E-state index is -1.44. The monoisotopic (exact) mass is 263 g/mol. The Balaban J connectivity index is 0. The Bertz CT molecular complexity index is 382. The van der Waals surface area contributed by atoms with Crippen molar-refractivity contribution >= 4 is 114 Å². The van der Waals surface area contributed by atoms with Crippen LogP contribution in [0.1, 0.15) is 10.4 Å². The standard InChI is InChI=1S/C7H5NO5.2K.2H/c9-4-1-2-6(8(12)13)5(3-4)7(10)11;;;;/h1-3,9H,(H,10,11);;;;. The van der Waals surface area contributed by atoms with Gasteiger partial charge in [-0.05, 0) is 6.07 Å². The van der Waals surface area contributed by atoms with Crippen LogP contribution in [0.4, 0.5) is 5.69 Å². The molecule has 6 nitrogen and oxygen atoms in total. The van der Waals surface area contributed by atoms with E-state index >= 15 is 0 Å². The molecule has 1 aromatic rings. The number of nitro groups is 1. The summed E-state index contributed by atoms with van der Waals surface area (Å²) < 4.78 is 0. The summed E-state index contributed by atoms with van der Waals surface area (Å²) in [6.45, 7) is 0. The molecule has 0 bridgehead atoms. The summed E-state index contributed by atoms with van der Waals surface area (Å²) in [5.74, 6) is -1.76. The van der Waals surface area contributed by atoms with Gasteiger partial charge in [-0.1, -0.05) is 0 Å². The summed E-state index contributed by atoms with van der Waals surface area (Å²) in [6.07, 6.45) is 0. The van der Waals surface area contributed by atoms with E-state index in [2.05, 4.69) is 0 Å². The van der Waals surface area contributed by atoms with Crippen LogP contribution in [-0.4, -0.2) is 124 Å². The molecule has 0 fully saturated rings. The summed E-state index contributed by atoms with van der Waals surface area (Å²) >= 11 is 0. The number of aromatic hydroxyl groups is 1. The summed E-state index contributed by atoms with van der Waals surface area (Å²) in [5.41, 5.74) is -1.06. The van der Waals surface area contributed by atoms with Crippen molar-refractivity contribution in [2.45, 2.75) is 0 Å². The fraction of sp³-hybridized carbons (Fsp3) is 0. The average molecular weight is 263 g/mol. The van der Waals surface area contributed by atoms with Gasteiger partial charge in [-0.3, -0.25) is 10.1 Å². The van der Waals surface area contributed by atoms with Crippen LogP contribution >= 0.6 is 0 Å². The molecule has 1 rings (SSSR count). The number of carboxylic acid groups (broad SMARTS) is 1. The van der Waals surface area contributed by atoms with Crippen molar-refractivity contribution in [3.05, 3.63) is 33.9 Å². The SMILES string of the molecule is O=C(O)c1cc(O)ccc1[N+](=O)[O-].[KH].[KH].